The quantitative estimate of drug-likeness (QED) is 0.367. The molecule has 10 heteroatoms. The fraction of sp³-hybridized carbons (Fsp3) is 0.0870. The van der Waals surface area contributed by atoms with Crippen molar-refractivity contribution in [3.8, 4) is 5.75 Å². The largest absolute Gasteiger partial charge is 0.482 e. The first-order valence-corrected chi connectivity index (χ1v) is 9.88. The molecule has 2 N–H and O–H groups in total. The molecule has 2 amide bonds. The van der Waals surface area contributed by atoms with Gasteiger partial charge in [-0.25, -0.2) is 5.43 Å². The normalized spacial score (nSPS) is 11.3. The zero-order valence-electron chi connectivity index (χ0n) is 16.9. The third-order valence-corrected chi connectivity index (χ3v) is 4.50. The van der Waals surface area contributed by atoms with Gasteiger partial charge in [0.2, 0.25) is 0 Å². The van der Waals surface area contributed by atoms with E-state index < -0.39 is 17.6 Å². The van der Waals surface area contributed by atoms with Gasteiger partial charge in [0.1, 0.15) is 5.75 Å². The number of para-hydroxylation sites is 1. The second kappa shape index (κ2) is 10.6. The summed E-state index contributed by atoms with van der Waals surface area (Å²) in [7, 11) is 0. The molecule has 0 atom stereocenters. The summed E-state index contributed by atoms with van der Waals surface area (Å²) in [5, 5.41) is 6.61. The van der Waals surface area contributed by atoms with E-state index in [9.17, 15) is 22.8 Å². The molecule has 0 aliphatic heterocycles. The highest BCUT2D eigenvalue weighted by molar-refractivity contribution is 6.32. The predicted octanol–water partition coefficient (Wildman–Crippen LogP) is 5.14. The molecule has 33 heavy (non-hydrogen) atoms. The summed E-state index contributed by atoms with van der Waals surface area (Å²) in [5.41, 5.74) is 2.17. The van der Waals surface area contributed by atoms with Crippen LogP contribution in [-0.4, -0.2) is 24.6 Å². The number of hydrogen-bond donors (Lipinski definition) is 2. The maximum Gasteiger partial charge on any atom is 0.416 e. The van der Waals surface area contributed by atoms with E-state index in [0.717, 1.165) is 18.2 Å². The van der Waals surface area contributed by atoms with Crippen LogP contribution in [0.2, 0.25) is 5.02 Å². The highest BCUT2D eigenvalue weighted by atomic mass is 35.5. The first-order chi connectivity index (χ1) is 15.7. The summed E-state index contributed by atoms with van der Waals surface area (Å²) in [6.07, 6.45) is -3.29. The van der Waals surface area contributed by atoms with Gasteiger partial charge < -0.3 is 10.1 Å². The van der Waals surface area contributed by atoms with Crippen molar-refractivity contribution in [1.82, 2.24) is 5.43 Å². The Bertz CT molecular complexity index is 1170. The minimum absolute atomic E-state index is 0.183. The topological polar surface area (TPSA) is 79.8 Å². The zero-order chi connectivity index (χ0) is 23.8. The Labute approximate surface area is 192 Å². The van der Waals surface area contributed by atoms with Crippen molar-refractivity contribution in [2.45, 2.75) is 6.18 Å². The van der Waals surface area contributed by atoms with E-state index in [0.29, 0.717) is 11.3 Å². The molecule has 170 valence electrons. The Hall–Kier alpha value is -3.85. The average molecular weight is 476 g/mol. The number of alkyl halides is 3. The number of carbonyl (C=O) groups is 2. The number of ether oxygens (including phenoxy) is 1. The number of halogens is 4. The third-order valence-electron chi connectivity index (χ3n) is 4.20. The summed E-state index contributed by atoms with van der Waals surface area (Å²) in [5.74, 6) is -0.891. The van der Waals surface area contributed by atoms with Crippen LogP contribution in [-0.2, 0) is 11.0 Å². The van der Waals surface area contributed by atoms with Gasteiger partial charge in [-0.05, 0) is 54.1 Å². The van der Waals surface area contributed by atoms with E-state index in [-0.39, 0.29) is 28.8 Å². The van der Waals surface area contributed by atoms with E-state index >= 15 is 0 Å². The molecule has 0 unspecified atom stereocenters. The van der Waals surface area contributed by atoms with Gasteiger partial charge in [0, 0.05) is 11.3 Å². The van der Waals surface area contributed by atoms with Gasteiger partial charge in [-0.1, -0.05) is 35.9 Å². The molecule has 3 aromatic carbocycles. The monoisotopic (exact) mass is 475 g/mol. The maximum absolute atomic E-state index is 12.8. The number of carbonyl (C=O) groups excluding carboxylic acids is 2. The Morgan fingerprint density at radius 1 is 1.00 bits per heavy atom. The lowest BCUT2D eigenvalue weighted by Gasteiger charge is -2.09. The molecule has 0 heterocycles. The third kappa shape index (κ3) is 7.08. The molecular weight excluding hydrogens is 459 g/mol. The molecule has 0 saturated carbocycles. The molecule has 6 nitrogen and oxygen atoms in total. The number of hydrazone groups is 1. The SMILES string of the molecule is O=C(COc1ccc(C=NNC(=O)c2cccc(C(F)(F)F)c2)cc1Cl)Nc1ccccc1. The number of rotatable bonds is 7. The summed E-state index contributed by atoms with van der Waals surface area (Å²) in [6, 6.07) is 17.5. The molecule has 0 aromatic heterocycles. The highest BCUT2D eigenvalue weighted by Gasteiger charge is 2.30. The molecule has 0 saturated heterocycles. The first kappa shape index (κ1) is 23.8. The molecule has 0 fully saturated rings. The second-order valence-corrected chi connectivity index (χ2v) is 7.08. The molecule has 0 spiro atoms. The van der Waals surface area contributed by atoms with Crippen molar-refractivity contribution >= 4 is 35.3 Å². The number of nitrogens with zero attached hydrogens (tertiary/aromatic N) is 1. The minimum atomic E-state index is -4.55. The molecule has 3 rings (SSSR count). The lowest BCUT2D eigenvalue weighted by atomic mass is 10.1. The van der Waals surface area contributed by atoms with Crippen LogP contribution >= 0.6 is 11.6 Å². The van der Waals surface area contributed by atoms with Gasteiger partial charge in [-0.15, -0.1) is 0 Å². The van der Waals surface area contributed by atoms with E-state index in [1.54, 1.807) is 30.3 Å². The van der Waals surface area contributed by atoms with Gasteiger partial charge in [0.15, 0.2) is 6.61 Å². The lowest BCUT2D eigenvalue weighted by Crippen LogP contribution is -2.20. The van der Waals surface area contributed by atoms with Crippen LogP contribution in [0.4, 0.5) is 18.9 Å². The fourth-order valence-electron chi connectivity index (χ4n) is 2.64. The molecule has 0 aliphatic rings. The van der Waals surface area contributed by atoms with Crippen LogP contribution in [0.3, 0.4) is 0 Å². The van der Waals surface area contributed by atoms with Crippen molar-refractivity contribution in [1.29, 1.82) is 0 Å². The average Bonchev–Trinajstić information content (AvgIpc) is 2.78. The summed E-state index contributed by atoms with van der Waals surface area (Å²) in [6.45, 7) is -0.255. The molecular formula is C23H17ClF3N3O3. The standard InChI is InChI=1S/C23H17ClF3N3O3/c24-19-11-15(9-10-20(19)33-14-21(31)29-18-7-2-1-3-8-18)13-28-30-22(32)16-5-4-6-17(12-16)23(25,26)27/h1-13H,14H2,(H,29,31)(H,30,32). The van der Waals surface area contributed by atoms with Crippen LogP contribution in [0.1, 0.15) is 21.5 Å². The maximum atomic E-state index is 12.8. The zero-order valence-corrected chi connectivity index (χ0v) is 17.7. The van der Waals surface area contributed by atoms with Crippen LogP contribution in [0.5, 0.6) is 5.75 Å². The van der Waals surface area contributed by atoms with Crippen molar-refractivity contribution in [2.75, 3.05) is 11.9 Å². The molecule has 0 radical (unpaired) electrons. The van der Waals surface area contributed by atoms with Crippen molar-refractivity contribution in [3.05, 3.63) is 94.5 Å². The number of hydrogen-bond acceptors (Lipinski definition) is 4. The van der Waals surface area contributed by atoms with Gasteiger partial charge in [-0.3, -0.25) is 9.59 Å². The van der Waals surface area contributed by atoms with Crippen LogP contribution in [0.25, 0.3) is 0 Å². The fourth-order valence-corrected chi connectivity index (χ4v) is 2.89. The van der Waals surface area contributed by atoms with Gasteiger partial charge in [0.25, 0.3) is 11.8 Å². The van der Waals surface area contributed by atoms with Crippen LogP contribution < -0.4 is 15.5 Å². The van der Waals surface area contributed by atoms with Gasteiger partial charge in [-0.2, -0.15) is 18.3 Å². The van der Waals surface area contributed by atoms with Crippen molar-refractivity contribution in [3.63, 3.8) is 0 Å². The first-order valence-electron chi connectivity index (χ1n) is 9.50. The summed E-state index contributed by atoms with van der Waals surface area (Å²) >= 11 is 6.16. The lowest BCUT2D eigenvalue weighted by molar-refractivity contribution is -0.137. The summed E-state index contributed by atoms with van der Waals surface area (Å²) in [4.78, 5) is 24.0. The number of amides is 2. The predicted molar refractivity (Wildman–Crippen MR) is 119 cm³/mol. The van der Waals surface area contributed by atoms with E-state index in [4.69, 9.17) is 16.3 Å². The van der Waals surface area contributed by atoms with Crippen LogP contribution in [0, 0.1) is 0 Å². The summed E-state index contributed by atoms with van der Waals surface area (Å²) < 4.78 is 43.7. The second-order valence-electron chi connectivity index (χ2n) is 6.67. The number of benzene rings is 3. The number of anilines is 1. The molecule has 3 aromatic rings. The molecule has 0 aliphatic carbocycles. The van der Waals surface area contributed by atoms with E-state index in [1.807, 2.05) is 6.07 Å². The van der Waals surface area contributed by atoms with Crippen molar-refractivity contribution in [2.24, 2.45) is 5.10 Å². The molecule has 0 bridgehead atoms. The van der Waals surface area contributed by atoms with Gasteiger partial charge in [0.05, 0.1) is 16.8 Å². The Morgan fingerprint density at radius 2 is 1.76 bits per heavy atom. The Kier molecular flexibility index (Phi) is 7.68. The minimum Gasteiger partial charge on any atom is -0.482 e. The van der Waals surface area contributed by atoms with Gasteiger partial charge >= 0.3 is 6.18 Å². The number of nitrogens with one attached hydrogen (secondary N) is 2. The van der Waals surface area contributed by atoms with E-state index in [1.165, 1.54) is 24.4 Å². The van der Waals surface area contributed by atoms with Crippen LogP contribution in [0.15, 0.2) is 77.9 Å². The van der Waals surface area contributed by atoms with Crippen molar-refractivity contribution < 1.29 is 27.5 Å². The highest BCUT2D eigenvalue weighted by Crippen LogP contribution is 2.29. The Balaban J connectivity index is 1.54. The van der Waals surface area contributed by atoms with E-state index in [2.05, 4.69) is 15.8 Å². The smallest absolute Gasteiger partial charge is 0.416 e. The Morgan fingerprint density at radius 3 is 2.45 bits per heavy atom.